The van der Waals surface area contributed by atoms with E-state index in [9.17, 15) is 14.9 Å². The Bertz CT molecular complexity index is 481. The van der Waals surface area contributed by atoms with Gasteiger partial charge in [0.25, 0.3) is 5.70 Å². The van der Waals surface area contributed by atoms with Gasteiger partial charge >= 0.3 is 5.97 Å². The molecule has 0 fully saturated rings. The lowest BCUT2D eigenvalue weighted by atomic mass is 10.1. The SMILES string of the molecule is COc1ccccc1/C=C(\COC(C)=O)[N+](=O)[O-]. The molecule has 1 aromatic rings. The number of carbonyl (C=O) groups excluding carboxylic acids is 1. The molecule has 0 unspecified atom stereocenters. The van der Waals surface area contributed by atoms with Gasteiger partial charge in [0.1, 0.15) is 5.75 Å². The maximum absolute atomic E-state index is 10.8. The van der Waals surface area contributed by atoms with Gasteiger partial charge in [-0.2, -0.15) is 0 Å². The van der Waals surface area contributed by atoms with Crippen LogP contribution < -0.4 is 4.74 Å². The van der Waals surface area contributed by atoms with Gasteiger partial charge in [-0.25, -0.2) is 0 Å². The highest BCUT2D eigenvalue weighted by Gasteiger charge is 2.14. The van der Waals surface area contributed by atoms with Gasteiger partial charge in [-0.3, -0.25) is 14.9 Å². The van der Waals surface area contributed by atoms with Crippen LogP contribution in [0.5, 0.6) is 5.75 Å². The van der Waals surface area contributed by atoms with Gasteiger partial charge in [0.05, 0.1) is 12.0 Å². The number of rotatable bonds is 5. The molecule has 0 N–H and O–H groups in total. The highest BCUT2D eigenvalue weighted by Crippen LogP contribution is 2.20. The summed E-state index contributed by atoms with van der Waals surface area (Å²) in [5, 5.41) is 10.8. The molecule has 0 bridgehead atoms. The van der Waals surface area contributed by atoms with E-state index in [4.69, 9.17) is 4.74 Å². The fraction of sp³-hybridized carbons (Fsp3) is 0.250. The highest BCUT2D eigenvalue weighted by molar-refractivity contribution is 5.66. The summed E-state index contributed by atoms with van der Waals surface area (Å²) in [5.74, 6) is -0.0533. The summed E-state index contributed by atoms with van der Waals surface area (Å²) in [6.07, 6.45) is 1.32. The molecule has 0 saturated heterocycles. The molecule has 0 amide bonds. The van der Waals surface area contributed by atoms with Gasteiger partial charge in [0.15, 0.2) is 6.61 Å². The Morgan fingerprint density at radius 2 is 2.11 bits per heavy atom. The lowest BCUT2D eigenvalue weighted by molar-refractivity contribution is -0.428. The Morgan fingerprint density at radius 1 is 1.44 bits per heavy atom. The fourth-order valence-electron chi connectivity index (χ4n) is 1.29. The van der Waals surface area contributed by atoms with E-state index in [1.807, 2.05) is 0 Å². The lowest BCUT2D eigenvalue weighted by Crippen LogP contribution is -2.09. The largest absolute Gasteiger partial charge is 0.496 e. The van der Waals surface area contributed by atoms with Crippen LogP contribution in [-0.4, -0.2) is 24.6 Å². The Morgan fingerprint density at radius 3 is 2.67 bits per heavy atom. The van der Waals surface area contributed by atoms with Crippen molar-refractivity contribution in [2.75, 3.05) is 13.7 Å². The van der Waals surface area contributed by atoms with Crippen molar-refractivity contribution < 1.29 is 19.2 Å². The zero-order valence-corrected chi connectivity index (χ0v) is 10.1. The molecule has 1 aromatic carbocycles. The first-order valence-corrected chi connectivity index (χ1v) is 5.16. The molecule has 0 aromatic heterocycles. The third-order valence-electron chi connectivity index (χ3n) is 2.12. The van der Waals surface area contributed by atoms with Crippen molar-refractivity contribution in [3.8, 4) is 5.75 Å². The van der Waals surface area contributed by atoms with Crippen LogP contribution in [0, 0.1) is 10.1 Å². The molecule has 0 aliphatic carbocycles. The van der Waals surface area contributed by atoms with Crippen LogP contribution in [0.4, 0.5) is 0 Å². The summed E-state index contributed by atoms with van der Waals surface area (Å²) in [5.41, 5.74) is 0.341. The molecular formula is C12H13NO5. The first-order valence-electron chi connectivity index (χ1n) is 5.16. The topological polar surface area (TPSA) is 78.7 Å². The molecule has 0 heterocycles. The van der Waals surface area contributed by atoms with Crippen LogP contribution in [-0.2, 0) is 9.53 Å². The van der Waals surface area contributed by atoms with E-state index in [2.05, 4.69) is 4.74 Å². The zero-order valence-electron chi connectivity index (χ0n) is 10.1. The first-order chi connectivity index (χ1) is 8.54. The number of hydrogen-bond donors (Lipinski definition) is 0. The number of nitro groups is 1. The molecule has 0 radical (unpaired) electrons. The smallest absolute Gasteiger partial charge is 0.303 e. The third kappa shape index (κ3) is 3.89. The standard InChI is InChI=1S/C12H13NO5/c1-9(14)18-8-11(13(15)16)7-10-5-3-4-6-12(10)17-2/h3-7H,8H2,1-2H3/b11-7+. The van der Waals surface area contributed by atoms with Crippen molar-refractivity contribution >= 4 is 12.0 Å². The molecular weight excluding hydrogens is 238 g/mol. The lowest BCUT2D eigenvalue weighted by Gasteiger charge is -2.04. The number of hydrogen-bond acceptors (Lipinski definition) is 5. The van der Waals surface area contributed by atoms with Crippen molar-refractivity contribution in [2.24, 2.45) is 0 Å². The van der Waals surface area contributed by atoms with Crippen LogP contribution in [0.3, 0.4) is 0 Å². The Hall–Kier alpha value is -2.37. The average molecular weight is 251 g/mol. The van der Waals surface area contributed by atoms with Crippen LogP contribution in [0.2, 0.25) is 0 Å². The molecule has 0 aliphatic rings. The van der Waals surface area contributed by atoms with Crippen molar-refractivity contribution in [1.82, 2.24) is 0 Å². The number of methoxy groups -OCH3 is 1. The van der Waals surface area contributed by atoms with Gasteiger partial charge < -0.3 is 9.47 Å². The minimum Gasteiger partial charge on any atom is -0.496 e. The molecule has 0 atom stereocenters. The van der Waals surface area contributed by atoms with Crippen LogP contribution >= 0.6 is 0 Å². The van der Waals surface area contributed by atoms with Gasteiger partial charge in [-0.05, 0) is 6.07 Å². The van der Waals surface area contributed by atoms with E-state index >= 15 is 0 Å². The van der Waals surface area contributed by atoms with Crippen molar-refractivity contribution in [3.63, 3.8) is 0 Å². The minimum absolute atomic E-state index is 0.213. The maximum Gasteiger partial charge on any atom is 0.303 e. The number of nitrogens with zero attached hydrogens (tertiary/aromatic N) is 1. The summed E-state index contributed by atoms with van der Waals surface area (Å²) in [7, 11) is 1.48. The van der Waals surface area contributed by atoms with Crippen LogP contribution in [0.25, 0.3) is 6.08 Å². The highest BCUT2D eigenvalue weighted by atomic mass is 16.6. The number of esters is 1. The molecule has 0 spiro atoms. The van der Waals surface area contributed by atoms with E-state index in [1.165, 1.54) is 20.1 Å². The first kappa shape index (κ1) is 13.7. The number of para-hydroxylation sites is 1. The summed E-state index contributed by atoms with van der Waals surface area (Å²) < 4.78 is 9.70. The molecule has 0 saturated carbocycles. The summed E-state index contributed by atoms with van der Waals surface area (Å²) >= 11 is 0. The number of benzene rings is 1. The van der Waals surface area contributed by atoms with Gasteiger partial charge in [0, 0.05) is 18.6 Å². The van der Waals surface area contributed by atoms with E-state index in [0.717, 1.165) is 0 Å². The molecule has 1 rings (SSSR count). The van der Waals surface area contributed by atoms with Crippen LogP contribution in [0.1, 0.15) is 12.5 Å². The molecule has 0 aliphatic heterocycles. The molecule has 96 valence electrons. The quantitative estimate of drug-likeness (QED) is 0.453. The van der Waals surface area contributed by atoms with Gasteiger partial charge in [-0.15, -0.1) is 0 Å². The van der Waals surface area contributed by atoms with Crippen molar-refractivity contribution in [2.45, 2.75) is 6.92 Å². The second kappa shape index (κ2) is 6.39. The monoisotopic (exact) mass is 251 g/mol. The Labute approximate surface area is 104 Å². The summed E-state index contributed by atoms with van der Waals surface area (Å²) in [4.78, 5) is 20.9. The Kier molecular flexibility index (Phi) is 4.86. The zero-order chi connectivity index (χ0) is 13.5. The Balaban J connectivity index is 3.00. The summed E-state index contributed by atoms with van der Waals surface area (Å²) in [6, 6.07) is 6.86. The van der Waals surface area contributed by atoms with E-state index in [1.54, 1.807) is 24.3 Å². The maximum atomic E-state index is 10.8. The van der Waals surface area contributed by atoms with Crippen molar-refractivity contribution in [3.05, 3.63) is 45.6 Å². The van der Waals surface area contributed by atoms with Crippen molar-refractivity contribution in [1.29, 1.82) is 0 Å². The normalized spacial score (nSPS) is 10.9. The van der Waals surface area contributed by atoms with E-state index in [0.29, 0.717) is 11.3 Å². The number of ether oxygens (including phenoxy) is 2. The second-order valence-electron chi connectivity index (χ2n) is 3.41. The van der Waals surface area contributed by atoms with Gasteiger partial charge in [0.2, 0.25) is 0 Å². The van der Waals surface area contributed by atoms with E-state index in [-0.39, 0.29) is 12.3 Å². The molecule has 6 heteroatoms. The average Bonchev–Trinajstić information content (AvgIpc) is 2.34. The molecule has 6 nitrogen and oxygen atoms in total. The van der Waals surface area contributed by atoms with Gasteiger partial charge in [-0.1, -0.05) is 18.2 Å². The summed E-state index contributed by atoms with van der Waals surface area (Å²) in [6.45, 7) is 0.820. The number of carbonyl (C=O) groups is 1. The predicted octanol–water partition coefficient (Wildman–Crippen LogP) is 1.88. The fourth-order valence-corrected chi connectivity index (χ4v) is 1.29. The molecule has 18 heavy (non-hydrogen) atoms. The predicted molar refractivity (Wildman–Crippen MR) is 64.6 cm³/mol. The van der Waals surface area contributed by atoms with Crippen LogP contribution in [0.15, 0.2) is 30.0 Å². The second-order valence-corrected chi connectivity index (χ2v) is 3.41. The minimum atomic E-state index is -0.588. The van der Waals surface area contributed by atoms with E-state index < -0.39 is 10.9 Å². The third-order valence-corrected chi connectivity index (χ3v) is 2.12.